The lowest BCUT2D eigenvalue weighted by Gasteiger charge is -2.33. The van der Waals surface area contributed by atoms with Crippen molar-refractivity contribution in [2.45, 2.75) is 38.5 Å². The van der Waals surface area contributed by atoms with E-state index >= 15 is 0 Å². The molecular weight excluding hydrogens is 382 g/mol. The summed E-state index contributed by atoms with van der Waals surface area (Å²) in [5.41, 5.74) is 2.62. The molecule has 3 aromatic rings. The van der Waals surface area contributed by atoms with Gasteiger partial charge in [0.2, 0.25) is 17.6 Å². The third kappa shape index (κ3) is 4.32. The van der Waals surface area contributed by atoms with Crippen molar-refractivity contribution >= 4 is 5.91 Å². The summed E-state index contributed by atoms with van der Waals surface area (Å²) < 4.78 is 10.4. The maximum atomic E-state index is 12.9. The first kappa shape index (κ1) is 20.0. The molecule has 1 atom stereocenters. The summed E-state index contributed by atoms with van der Waals surface area (Å²) >= 11 is 0. The molecule has 0 saturated carbocycles. The Morgan fingerprint density at radius 3 is 2.87 bits per heavy atom. The Hall–Kier alpha value is -3.29. The summed E-state index contributed by atoms with van der Waals surface area (Å²) in [5.74, 6) is 2.10. The Bertz CT molecular complexity index is 1000. The Labute approximate surface area is 175 Å². The monoisotopic (exact) mass is 407 g/mol. The van der Waals surface area contributed by atoms with Gasteiger partial charge < -0.3 is 14.2 Å². The zero-order valence-corrected chi connectivity index (χ0v) is 17.2. The fourth-order valence-corrected chi connectivity index (χ4v) is 3.80. The maximum Gasteiger partial charge on any atom is 0.227 e. The van der Waals surface area contributed by atoms with Gasteiger partial charge in [0.1, 0.15) is 12.1 Å². The summed E-state index contributed by atoms with van der Waals surface area (Å²) in [5, 5.41) is 4.08. The van der Waals surface area contributed by atoms with E-state index in [0.717, 1.165) is 42.0 Å². The third-order valence-electron chi connectivity index (χ3n) is 5.43. The number of hydrogen-bond acceptors (Lipinski definition) is 7. The Kier molecular flexibility index (Phi) is 6.02. The first-order valence-corrected chi connectivity index (χ1v) is 10.2. The lowest BCUT2D eigenvalue weighted by atomic mass is 9.91. The summed E-state index contributed by atoms with van der Waals surface area (Å²) in [7, 11) is 1.63. The van der Waals surface area contributed by atoms with E-state index in [-0.39, 0.29) is 11.8 Å². The van der Waals surface area contributed by atoms with E-state index in [0.29, 0.717) is 31.1 Å². The van der Waals surface area contributed by atoms with Crippen LogP contribution in [0.5, 0.6) is 5.75 Å². The molecule has 1 fully saturated rings. The first-order chi connectivity index (χ1) is 14.7. The molecule has 156 valence electrons. The Morgan fingerprint density at radius 2 is 2.13 bits per heavy atom. The highest BCUT2D eigenvalue weighted by atomic mass is 16.5. The van der Waals surface area contributed by atoms with E-state index < -0.39 is 0 Å². The molecule has 0 radical (unpaired) electrons. The molecule has 2 aromatic heterocycles. The van der Waals surface area contributed by atoms with Crippen LogP contribution in [-0.4, -0.2) is 51.1 Å². The molecule has 0 aliphatic carbocycles. The second-order valence-corrected chi connectivity index (χ2v) is 7.39. The molecule has 1 saturated heterocycles. The highest BCUT2D eigenvalue weighted by Gasteiger charge is 2.28. The number of aryl methyl sites for hydroxylation is 1. The number of amides is 1. The van der Waals surface area contributed by atoms with Gasteiger partial charge in [0.05, 0.1) is 24.8 Å². The minimum Gasteiger partial charge on any atom is -0.497 e. The smallest absolute Gasteiger partial charge is 0.227 e. The van der Waals surface area contributed by atoms with Gasteiger partial charge in [-0.2, -0.15) is 4.98 Å². The Morgan fingerprint density at radius 1 is 1.30 bits per heavy atom. The SMILES string of the molecule is CCc1nc(-c2cncnc2C2CCCN(C(=O)Cc3ccc(OC)cc3)C2)no1. The normalized spacial score (nSPS) is 16.5. The van der Waals surface area contributed by atoms with Gasteiger partial charge >= 0.3 is 0 Å². The van der Waals surface area contributed by atoms with E-state index in [1.165, 1.54) is 6.33 Å². The zero-order chi connectivity index (χ0) is 20.9. The molecule has 3 heterocycles. The predicted octanol–water partition coefficient (Wildman–Crippen LogP) is 3.05. The minimum atomic E-state index is 0.111. The average molecular weight is 407 g/mol. The highest BCUT2D eigenvalue weighted by Crippen LogP contribution is 2.31. The second-order valence-electron chi connectivity index (χ2n) is 7.39. The van der Waals surface area contributed by atoms with Gasteiger partial charge in [-0.05, 0) is 30.5 Å². The van der Waals surface area contributed by atoms with Gasteiger partial charge in [0, 0.05) is 31.6 Å². The quantitative estimate of drug-likeness (QED) is 0.620. The average Bonchev–Trinajstić information content (AvgIpc) is 3.29. The number of aromatic nitrogens is 4. The topological polar surface area (TPSA) is 94.2 Å². The summed E-state index contributed by atoms with van der Waals surface area (Å²) in [6.07, 6.45) is 6.19. The second kappa shape index (κ2) is 9.02. The molecular formula is C22H25N5O3. The van der Waals surface area contributed by atoms with Crippen molar-refractivity contribution in [3.8, 4) is 17.1 Å². The van der Waals surface area contributed by atoms with Crippen molar-refractivity contribution in [3.05, 3.63) is 53.9 Å². The van der Waals surface area contributed by atoms with Gasteiger partial charge in [0.15, 0.2) is 0 Å². The van der Waals surface area contributed by atoms with Crippen LogP contribution in [0.25, 0.3) is 11.4 Å². The number of benzene rings is 1. The third-order valence-corrected chi connectivity index (χ3v) is 5.43. The maximum absolute atomic E-state index is 12.9. The lowest BCUT2D eigenvalue weighted by Crippen LogP contribution is -2.40. The van der Waals surface area contributed by atoms with E-state index in [9.17, 15) is 4.79 Å². The molecule has 1 amide bonds. The zero-order valence-electron chi connectivity index (χ0n) is 17.2. The van der Waals surface area contributed by atoms with Crippen LogP contribution in [0.15, 0.2) is 41.3 Å². The fraction of sp³-hybridized carbons (Fsp3) is 0.409. The van der Waals surface area contributed by atoms with Crippen molar-refractivity contribution in [3.63, 3.8) is 0 Å². The van der Waals surface area contributed by atoms with Crippen LogP contribution in [0.3, 0.4) is 0 Å². The number of ether oxygens (including phenoxy) is 1. The molecule has 30 heavy (non-hydrogen) atoms. The van der Waals surface area contributed by atoms with Crippen LogP contribution in [0.2, 0.25) is 0 Å². The largest absolute Gasteiger partial charge is 0.497 e. The number of nitrogens with zero attached hydrogens (tertiary/aromatic N) is 5. The van der Waals surface area contributed by atoms with Gasteiger partial charge in [-0.1, -0.05) is 24.2 Å². The molecule has 8 nitrogen and oxygen atoms in total. The Balaban J connectivity index is 1.49. The van der Waals surface area contributed by atoms with Gasteiger partial charge in [-0.15, -0.1) is 0 Å². The van der Waals surface area contributed by atoms with E-state index in [4.69, 9.17) is 9.26 Å². The van der Waals surface area contributed by atoms with E-state index in [2.05, 4.69) is 20.1 Å². The fourth-order valence-electron chi connectivity index (χ4n) is 3.80. The van der Waals surface area contributed by atoms with Gasteiger partial charge in [-0.3, -0.25) is 4.79 Å². The number of carbonyl (C=O) groups is 1. The molecule has 0 bridgehead atoms. The highest BCUT2D eigenvalue weighted by molar-refractivity contribution is 5.79. The van der Waals surface area contributed by atoms with Crippen LogP contribution >= 0.6 is 0 Å². The van der Waals surface area contributed by atoms with Crippen LogP contribution < -0.4 is 4.74 Å². The number of hydrogen-bond donors (Lipinski definition) is 0. The van der Waals surface area contributed by atoms with Crippen molar-refractivity contribution in [2.75, 3.05) is 20.2 Å². The van der Waals surface area contributed by atoms with Crippen LogP contribution in [0.1, 0.15) is 42.8 Å². The van der Waals surface area contributed by atoms with Gasteiger partial charge in [-0.25, -0.2) is 9.97 Å². The van der Waals surface area contributed by atoms with Crippen molar-refractivity contribution in [1.29, 1.82) is 0 Å². The lowest BCUT2D eigenvalue weighted by molar-refractivity contribution is -0.131. The van der Waals surface area contributed by atoms with E-state index in [1.54, 1.807) is 13.3 Å². The summed E-state index contributed by atoms with van der Waals surface area (Å²) in [6, 6.07) is 7.62. The summed E-state index contributed by atoms with van der Waals surface area (Å²) in [4.78, 5) is 28.0. The molecule has 0 N–H and O–H groups in total. The summed E-state index contributed by atoms with van der Waals surface area (Å²) in [6.45, 7) is 3.35. The standard InChI is InChI=1S/C22H25N5O3/c1-3-19-25-22(26-30-19)18-12-23-14-24-21(18)16-5-4-10-27(13-16)20(28)11-15-6-8-17(29-2)9-7-15/h6-9,12,14,16H,3-5,10-11,13H2,1-2H3. The van der Waals surface area contributed by atoms with Crippen LogP contribution in [-0.2, 0) is 17.6 Å². The molecule has 1 aliphatic heterocycles. The molecule has 1 aromatic carbocycles. The number of rotatable bonds is 6. The van der Waals surface area contributed by atoms with Gasteiger partial charge in [0.25, 0.3) is 0 Å². The molecule has 4 rings (SSSR count). The van der Waals surface area contributed by atoms with E-state index in [1.807, 2.05) is 36.1 Å². The van der Waals surface area contributed by atoms with Crippen molar-refractivity contribution < 1.29 is 14.1 Å². The van der Waals surface area contributed by atoms with Crippen LogP contribution in [0, 0.1) is 0 Å². The van der Waals surface area contributed by atoms with Crippen molar-refractivity contribution in [2.24, 2.45) is 0 Å². The number of carbonyl (C=O) groups excluding carboxylic acids is 1. The molecule has 8 heteroatoms. The number of methoxy groups -OCH3 is 1. The molecule has 0 spiro atoms. The van der Waals surface area contributed by atoms with Crippen LogP contribution in [0.4, 0.5) is 0 Å². The number of piperidine rings is 1. The minimum absolute atomic E-state index is 0.111. The number of likely N-dealkylation sites (tertiary alicyclic amines) is 1. The molecule has 1 unspecified atom stereocenters. The predicted molar refractivity (Wildman–Crippen MR) is 110 cm³/mol. The molecule has 1 aliphatic rings. The van der Waals surface area contributed by atoms with Crippen molar-refractivity contribution in [1.82, 2.24) is 25.0 Å². The first-order valence-electron chi connectivity index (χ1n) is 10.2.